The van der Waals surface area contributed by atoms with Gasteiger partial charge in [0.2, 0.25) is 0 Å². The van der Waals surface area contributed by atoms with Crippen molar-refractivity contribution in [1.82, 2.24) is 0 Å². The van der Waals surface area contributed by atoms with Gasteiger partial charge in [-0.25, -0.2) is 0 Å². The van der Waals surface area contributed by atoms with E-state index in [1.54, 1.807) is 0 Å². The molecule has 0 amide bonds. The zero-order valence-corrected chi connectivity index (χ0v) is 11.4. The molecule has 1 atom stereocenters. The van der Waals surface area contributed by atoms with E-state index in [2.05, 4.69) is 6.92 Å². The zero-order valence-electron chi connectivity index (χ0n) is 10.6. The quantitative estimate of drug-likeness (QED) is 0.805. The lowest BCUT2D eigenvalue weighted by atomic mass is 9.77. The molecule has 2 rings (SSSR count). The highest BCUT2D eigenvalue weighted by Crippen LogP contribution is 2.51. The van der Waals surface area contributed by atoms with Crippen molar-refractivity contribution < 1.29 is 5.11 Å². The maximum absolute atomic E-state index is 10.5. The Morgan fingerprint density at radius 3 is 2.38 bits per heavy atom. The molecule has 1 unspecified atom stereocenters. The van der Waals surface area contributed by atoms with Crippen LogP contribution in [0.5, 0.6) is 0 Å². The second-order valence-corrected chi connectivity index (χ2v) is 6.93. The number of hydrogen-bond donors (Lipinski definition) is 1. The molecule has 0 aromatic heterocycles. The summed E-state index contributed by atoms with van der Waals surface area (Å²) in [6.45, 7) is 5.94. The Bertz CT molecular complexity index is 289. The maximum atomic E-state index is 10.5. The number of nitrogens with zero attached hydrogens (tertiary/aromatic N) is 1. The van der Waals surface area contributed by atoms with Gasteiger partial charge >= 0.3 is 0 Å². The van der Waals surface area contributed by atoms with Crippen LogP contribution in [0.2, 0.25) is 0 Å². The Morgan fingerprint density at radius 2 is 1.94 bits per heavy atom. The van der Waals surface area contributed by atoms with Gasteiger partial charge in [-0.15, -0.1) is 11.8 Å². The molecule has 1 N–H and O–H groups in total. The summed E-state index contributed by atoms with van der Waals surface area (Å²) >= 11 is 1.86. The van der Waals surface area contributed by atoms with Crippen molar-refractivity contribution in [3.8, 4) is 0 Å². The van der Waals surface area contributed by atoms with Crippen LogP contribution in [0.15, 0.2) is 4.99 Å². The van der Waals surface area contributed by atoms with Crippen molar-refractivity contribution in [1.29, 1.82) is 0 Å². The van der Waals surface area contributed by atoms with Crippen molar-refractivity contribution in [3.05, 3.63) is 0 Å². The van der Waals surface area contributed by atoms with Gasteiger partial charge in [-0.2, -0.15) is 0 Å². The number of aliphatic hydroxyl groups is 1. The van der Waals surface area contributed by atoms with Gasteiger partial charge in [0.15, 0.2) is 0 Å². The van der Waals surface area contributed by atoms with Crippen molar-refractivity contribution in [2.45, 2.75) is 63.3 Å². The Balaban J connectivity index is 2.28. The minimum Gasteiger partial charge on any atom is -0.387 e. The molecule has 0 bridgehead atoms. The van der Waals surface area contributed by atoms with Crippen LogP contribution < -0.4 is 0 Å². The zero-order chi connectivity index (χ0) is 11.8. The second kappa shape index (κ2) is 4.34. The molecule has 0 aromatic rings. The van der Waals surface area contributed by atoms with Gasteiger partial charge in [0.25, 0.3) is 0 Å². The summed E-state index contributed by atoms with van der Waals surface area (Å²) in [5, 5.41) is 10.5. The fourth-order valence-electron chi connectivity index (χ4n) is 3.08. The minimum atomic E-state index is -0.711. The lowest BCUT2D eigenvalue weighted by molar-refractivity contribution is 0.00828. The Morgan fingerprint density at radius 1 is 1.31 bits per heavy atom. The Hall–Kier alpha value is -0.0200. The van der Waals surface area contributed by atoms with Gasteiger partial charge in [-0.1, -0.05) is 19.3 Å². The molecule has 0 spiro atoms. The fourth-order valence-corrected chi connectivity index (χ4v) is 4.62. The van der Waals surface area contributed by atoms with Crippen LogP contribution >= 0.6 is 11.8 Å². The Kier molecular flexibility index (Phi) is 3.37. The lowest BCUT2D eigenvalue weighted by Gasteiger charge is -2.44. The van der Waals surface area contributed by atoms with E-state index in [1.807, 2.05) is 25.6 Å². The van der Waals surface area contributed by atoms with Crippen LogP contribution in [-0.2, 0) is 0 Å². The second-order valence-electron chi connectivity index (χ2n) is 5.73. The molecule has 2 aliphatic rings. The lowest BCUT2D eigenvalue weighted by Crippen LogP contribution is -2.50. The van der Waals surface area contributed by atoms with Gasteiger partial charge < -0.3 is 5.11 Å². The molecule has 1 aliphatic carbocycles. The number of thioether (sulfide) groups is 1. The summed E-state index contributed by atoms with van der Waals surface area (Å²) in [5.74, 6) is 1.55. The molecule has 1 saturated carbocycles. The molecule has 0 radical (unpaired) electrons. The highest BCUT2D eigenvalue weighted by molar-refractivity contribution is 8.01. The van der Waals surface area contributed by atoms with E-state index >= 15 is 0 Å². The van der Waals surface area contributed by atoms with Gasteiger partial charge in [0, 0.05) is 11.5 Å². The van der Waals surface area contributed by atoms with Crippen molar-refractivity contribution in [3.63, 3.8) is 0 Å². The van der Waals surface area contributed by atoms with Crippen molar-refractivity contribution >= 4 is 17.5 Å². The summed E-state index contributed by atoms with van der Waals surface area (Å²) < 4.78 is 0. The molecule has 2 nitrogen and oxygen atoms in total. The van der Waals surface area contributed by atoms with Crippen LogP contribution in [0.3, 0.4) is 0 Å². The molecule has 1 aliphatic heterocycles. The highest BCUT2D eigenvalue weighted by Gasteiger charge is 2.52. The normalized spacial score (nSPS) is 32.9. The summed E-state index contributed by atoms with van der Waals surface area (Å²) in [6.07, 6.45) is 6.42. The maximum Gasteiger partial charge on any atom is 0.137 e. The molecule has 3 heteroatoms. The standard InChI is InChI=1S/C13H23NOS/c1-10-9-16-13(14-10,12(2,3)15)11-7-5-4-6-8-11/h11,15H,4-9H2,1-3H3. The van der Waals surface area contributed by atoms with Crippen LogP contribution in [0, 0.1) is 5.92 Å². The summed E-state index contributed by atoms with van der Waals surface area (Å²) in [5.41, 5.74) is 0.481. The van der Waals surface area contributed by atoms with Crippen LogP contribution in [0.25, 0.3) is 0 Å². The summed E-state index contributed by atoms with van der Waals surface area (Å²) in [4.78, 5) is 4.58. The van der Waals surface area contributed by atoms with E-state index < -0.39 is 5.60 Å². The van der Waals surface area contributed by atoms with E-state index in [1.165, 1.54) is 37.8 Å². The van der Waals surface area contributed by atoms with Gasteiger partial charge in [0.05, 0.1) is 5.60 Å². The first-order chi connectivity index (χ1) is 7.46. The average Bonchev–Trinajstić information content (AvgIpc) is 2.62. The minimum absolute atomic E-state index is 0.266. The highest BCUT2D eigenvalue weighted by atomic mass is 32.2. The molecular weight excluding hydrogens is 218 g/mol. The molecule has 16 heavy (non-hydrogen) atoms. The van der Waals surface area contributed by atoms with Gasteiger partial charge in [-0.3, -0.25) is 4.99 Å². The Labute approximate surface area is 103 Å². The first-order valence-electron chi connectivity index (χ1n) is 6.37. The number of aliphatic imine (C=N–C) groups is 1. The van der Waals surface area contributed by atoms with E-state index in [0.717, 1.165) is 5.75 Å². The van der Waals surface area contributed by atoms with E-state index in [-0.39, 0.29) is 4.87 Å². The third-order valence-electron chi connectivity index (χ3n) is 3.89. The number of hydrogen-bond acceptors (Lipinski definition) is 3. The molecular formula is C13H23NOS. The van der Waals surface area contributed by atoms with E-state index in [0.29, 0.717) is 5.92 Å². The molecule has 92 valence electrons. The topological polar surface area (TPSA) is 32.6 Å². The first-order valence-corrected chi connectivity index (χ1v) is 7.36. The average molecular weight is 241 g/mol. The smallest absolute Gasteiger partial charge is 0.137 e. The number of rotatable bonds is 2. The predicted molar refractivity (Wildman–Crippen MR) is 71.2 cm³/mol. The van der Waals surface area contributed by atoms with Gasteiger partial charge in [-0.05, 0) is 39.5 Å². The van der Waals surface area contributed by atoms with Crippen LogP contribution in [0.1, 0.15) is 52.9 Å². The monoisotopic (exact) mass is 241 g/mol. The summed E-state index contributed by atoms with van der Waals surface area (Å²) in [6, 6.07) is 0. The van der Waals surface area contributed by atoms with Crippen LogP contribution in [0.4, 0.5) is 0 Å². The largest absolute Gasteiger partial charge is 0.387 e. The van der Waals surface area contributed by atoms with E-state index in [4.69, 9.17) is 4.99 Å². The third-order valence-corrected chi connectivity index (χ3v) is 5.82. The van der Waals surface area contributed by atoms with Crippen molar-refractivity contribution in [2.24, 2.45) is 10.9 Å². The third kappa shape index (κ3) is 2.04. The predicted octanol–water partition coefficient (Wildman–Crippen LogP) is 3.24. The molecule has 0 aromatic carbocycles. The molecule has 0 saturated heterocycles. The van der Waals surface area contributed by atoms with Gasteiger partial charge in [0.1, 0.15) is 4.87 Å². The summed E-state index contributed by atoms with van der Waals surface area (Å²) in [7, 11) is 0. The van der Waals surface area contributed by atoms with Crippen LogP contribution in [-0.4, -0.2) is 27.0 Å². The molecule has 1 heterocycles. The SMILES string of the molecule is CC1=NC(C2CCCCC2)(C(C)(C)O)SC1. The fraction of sp³-hybridized carbons (Fsp3) is 0.923. The molecule has 1 fully saturated rings. The first kappa shape index (κ1) is 12.4. The van der Waals surface area contributed by atoms with E-state index in [9.17, 15) is 5.11 Å². The van der Waals surface area contributed by atoms with Crippen molar-refractivity contribution in [2.75, 3.05) is 5.75 Å².